The summed E-state index contributed by atoms with van der Waals surface area (Å²) in [5.74, 6) is 0. The van der Waals surface area contributed by atoms with Gasteiger partial charge in [0.1, 0.15) is 0 Å². The number of anilines is 6. The van der Waals surface area contributed by atoms with Gasteiger partial charge in [-0.25, -0.2) is 0 Å². The lowest BCUT2D eigenvalue weighted by Crippen LogP contribution is -2.28. The number of nitrogens with zero attached hydrogens (tertiary/aromatic N) is 2. The Hall–Kier alpha value is -7.68. The van der Waals surface area contributed by atoms with Gasteiger partial charge in [0.05, 0.1) is 11.4 Å². The highest BCUT2D eigenvalue weighted by atomic mass is 15.1. The third-order valence-electron chi connectivity index (χ3n) is 17.0. The molecule has 10 aromatic carbocycles. The molecule has 10 aromatic rings. The van der Waals surface area contributed by atoms with Crippen LogP contribution in [0.1, 0.15) is 86.5 Å². The molecule has 0 amide bonds. The van der Waals surface area contributed by atoms with Crippen molar-refractivity contribution >= 4 is 55.7 Å². The molecule has 0 unspecified atom stereocenters. The van der Waals surface area contributed by atoms with Crippen molar-refractivity contribution in [2.24, 2.45) is 0 Å². The van der Waals surface area contributed by atoms with Gasteiger partial charge in [0.15, 0.2) is 0 Å². The molecule has 4 aliphatic carbocycles. The van der Waals surface area contributed by atoms with Crippen LogP contribution in [0.2, 0.25) is 0 Å². The van der Waals surface area contributed by atoms with Crippen LogP contribution in [0.15, 0.2) is 218 Å². The Morgan fingerprint density at radius 2 is 0.629 bits per heavy atom. The van der Waals surface area contributed by atoms with E-state index in [2.05, 4.69) is 228 Å². The maximum Gasteiger partial charge on any atom is 0.0540 e. The summed E-state index contributed by atoms with van der Waals surface area (Å²) >= 11 is 0. The normalized spacial score (nSPS) is 15.9. The molecule has 2 spiro atoms. The number of rotatable bonds is 7. The van der Waals surface area contributed by atoms with Crippen molar-refractivity contribution in [3.63, 3.8) is 0 Å². The predicted octanol–water partition coefficient (Wildman–Crippen LogP) is 19.1. The average Bonchev–Trinajstić information content (AvgIpc) is 3.84. The zero-order chi connectivity index (χ0) is 46.2. The van der Waals surface area contributed by atoms with Crippen molar-refractivity contribution in [1.82, 2.24) is 0 Å². The Bertz CT molecular complexity index is 3370. The lowest BCUT2D eigenvalue weighted by atomic mass is 9.68. The average molecular weight is 901 g/mol. The number of hydrogen-bond donors (Lipinski definition) is 0. The molecule has 70 heavy (non-hydrogen) atoms. The zero-order valence-corrected chi connectivity index (χ0v) is 39.8. The quantitative estimate of drug-likeness (QED) is 0.157. The van der Waals surface area contributed by atoms with Gasteiger partial charge in [-0.1, -0.05) is 196 Å². The summed E-state index contributed by atoms with van der Waals surface area (Å²) in [6.45, 7) is 0. The van der Waals surface area contributed by atoms with Crippen molar-refractivity contribution < 1.29 is 0 Å². The molecule has 0 aromatic heterocycles. The van der Waals surface area contributed by atoms with E-state index in [0.717, 1.165) is 11.4 Å². The fourth-order valence-electron chi connectivity index (χ4n) is 13.8. The van der Waals surface area contributed by atoms with E-state index in [1.165, 1.54) is 164 Å². The summed E-state index contributed by atoms with van der Waals surface area (Å²) in [4.78, 5) is 5.01. The first-order valence-corrected chi connectivity index (χ1v) is 25.9. The molecule has 0 aliphatic heterocycles. The summed E-state index contributed by atoms with van der Waals surface area (Å²) in [7, 11) is 0. The van der Waals surface area contributed by atoms with Crippen LogP contribution in [0, 0.1) is 0 Å². The van der Waals surface area contributed by atoms with Crippen LogP contribution in [0.4, 0.5) is 34.1 Å². The van der Waals surface area contributed by atoms with Gasteiger partial charge in [-0.15, -0.1) is 0 Å². The SMILES string of the molecule is c1ccc2c(c1)-c1ccc(N(c3ccc(-c4ccc(N(c5ccc6c(c5)C5(CCCCC5)c5ccccc5-6)c5cccc6ccccc56)cc4)cc3)c3cccc4ccccc34)cc1C21CCCCC1. The van der Waals surface area contributed by atoms with Crippen LogP contribution in [0.25, 0.3) is 54.9 Å². The van der Waals surface area contributed by atoms with E-state index in [1.807, 2.05) is 0 Å². The van der Waals surface area contributed by atoms with Gasteiger partial charge in [0.2, 0.25) is 0 Å². The van der Waals surface area contributed by atoms with E-state index < -0.39 is 0 Å². The molecule has 0 heterocycles. The molecule has 0 N–H and O–H groups in total. The highest BCUT2D eigenvalue weighted by Crippen LogP contribution is 2.59. The monoisotopic (exact) mass is 900 g/mol. The van der Waals surface area contributed by atoms with Gasteiger partial charge >= 0.3 is 0 Å². The molecule has 0 bridgehead atoms. The fourth-order valence-corrected chi connectivity index (χ4v) is 13.8. The lowest BCUT2D eigenvalue weighted by Gasteiger charge is -2.36. The fraction of sp³-hybridized carbons (Fsp3) is 0.176. The molecule has 14 rings (SSSR count). The smallest absolute Gasteiger partial charge is 0.0540 e. The Labute approximate surface area is 412 Å². The molecule has 2 nitrogen and oxygen atoms in total. The molecule has 0 radical (unpaired) electrons. The predicted molar refractivity (Wildman–Crippen MR) is 295 cm³/mol. The standard InChI is InChI=1S/C68H56N2/c1-11-41-67(42-12-1)61-25-9-7-23-57(61)59-39-37-53(45-63(59)67)69(65-27-15-19-49-17-3-5-21-55(49)65)51-33-29-47(30-34-51)48-31-35-52(36-32-48)70(66-28-16-20-50-18-4-6-22-56(50)66)54-38-40-60-58-24-8-10-26-62(58)68(64(60)46-54)43-13-2-14-44-68/h3-10,15-40,45-46H,1-2,11-14,41-44H2. The molecule has 0 saturated heterocycles. The van der Waals surface area contributed by atoms with Gasteiger partial charge in [-0.05, 0) is 153 Å². The van der Waals surface area contributed by atoms with Crippen molar-refractivity contribution in [3.8, 4) is 33.4 Å². The Kier molecular flexibility index (Phi) is 9.73. The third-order valence-corrected chi connectivity index (χ3v) is 17.0. The second kappa shape index (κ2) is 16.5. The van der Waals surface area contributed by atoms with Gasteiger partial charge in [0.25, 0.3) is 0 Å². The first-order chi connectivity index (χ1) is 34.7. The van der Waals surface area contributed by atoms with Crippen molar-refractivity contribution in [3.05, 3.63) is 241 Å². The van der Waals surface area contributed by atoms with Gasteiger partial charge < -0.3 is 9.80 Å². The first kappa shape index (κ1) is 41.3. The molecule has 338 valence electrons. The van der Waals surface area contributed by atoms with Crippen LogP contribution < -0.4 is 9.80 Å². The second-order valence-corrected chi connectivity index (χ2v) is 20.6. The maximum absolute atomic E-state index is 2.55. The molecule has 2 fully saturated rings. The highest BCUT2D eigenvalue weighted by molar-refractivity contribution is 6.01. The van der Waals surface area contributed by atoms with Crippen LogP contribution in [0.5, 0.6) is 0 Å². The summed E-state index contributed by atoms with van der Waals surface area (Å²) < 4.78 is 0. The highest BCUT2D eigenvalue weighted by Gasteiger charge is 2.45. The van der Waals surface area contributed by atoms with Crippen LogP contribution in [-0.4, -0.2) is 0 Å². The molecule has 4 aliphatic rings. The van der Waals surface area contributed by atoms with E-state index in [1.54, 1.807) is 0 Å². The van der Waals surface area contributed by atoms with Gasteiger partial charge in [0, 0.05) is 44.4 Å². The number of benzene rings is 10. The van der Waals surface area contributed by atoms with E-state index >= 15 is 0 Å². The summed E-state index contributed by atoms with van der Waals surface area (Å²) in [5, 5.41) is 4.99. The number of hydrogen-bond acceptors (Lipinski definition) is 2. The Balaban J connectivity index is 0.855. The summed E-state index contributed by atoms with van der Waals surface area (Å²) in [6, 6.07) is 82.8. The summed E-state index contributed by atoms with van der Waals surface area (Å²) in [6.07, 6.45) is 12.6. The van der Waals surface area contributed by atoms with E-state index in [9.17, 15) is 0 Å². The van der Waals surface area contributed by atoms with Crippen LogP contribution >= 0.6 is 0 Å². The molecule has 2 heteroatoms. The van der Waals surface area contributed by atoms with Crippen LogP contribution in [-0.2, 0) is 10.8 Å². The number of fused-ring (bicyclic) bond motifs is 12. The Morgan fingerprint density at radius 3 is 1.07 bits per heavy atom. The minimum absolute atomic E-state index is 0.0772. The Morgan fingerprint density at radius 1 is 0.271 bits per heavy atom. The third kappa shape index (κ3) is 6.39. The van der Waals surface area contributed by atoms with E-state index in [4.69, 9.17) is 0 Å². The minimum atomic E-state index is 0.0772. The molecule has 2 saturated carbocycles. The lowest BCUT2D eigenvalue weighted by molar-refractivity contribution is 0.353. The van der Waals surface area contributed by atoms with Crippen molar-refractivity contribution in [2.45, 2.75) is 75.0 Å². The van der Waals surface area contributed by atoms with E-state index in [-0.39, 0.29) is 10.8 Å². The molecular weight excluding hydrogens is 845 g/mol. The van der Waals surface area contributed by atoms with E-state index in [0.29, 0.717) is 0 Å². The largest absolute Gasteiger partial charge is 0.310 e. The van der Waals surface area contributed by atoms with Crippen LogP contribution in [0.3, 0.4) is 0 Å². The van der Waals surface area contributed by atoms with Crippen molar-refractivity contribution in [1.29, 1.82) is 0 Å². The first-order valence-electron chi connectivity index (χ1n) is 25.9. The van der Waals surface area contributed by atoms with Gasteiger partial charge in [-0.2, -0.15) is 0 Å². The zero-order valence-electron chi connectivity index (χ0n) is 39.8. The molecule has 0 atom stereocenters. The van der Waals surface area contributed by atoms with Crippen molar-refractivity contribution in [2.75, 3.05) is 9.80 Å². The summed E-state index contributed by atoms with van der Waals surface area (Å²) in [5.41, 5.74) is 21.4. The second-order valence-electron chi connectivity index (χ2n) is 20.6. The topological polar surface area (TPSA) is 6.48 Å². The molecular formula is C68H56N2. The van der Waals surface area contributed by atoms with Gasteiger partial charge in [-0.3, -0.25) is 0 Å². The minimum Gasteiger partial charge on any atom is -0.310 e. The maximum atomic E-state index is 2.55.